The van der Waals surface area contributed by atoms with E-state index in [-0.39, 0.29) is 24.0 Å². The molecule has 24 heavy (non-hydrogen) atoms. The van der Waals surface area contributed by atoms with Gasteiger partial charge in [0, 0.05) is 36.9 Å². The Bertz CT molecular complexity index is 747. The molecule has 3 heterocycles. The molecule has 1 aliphatic rings. The average molecular weight is 332 g/mol. The molecule has 1 saturated heterocycles. The van der Waals surface area contributed by atoms with Crippen LogP contribution >= 0.6 is 0 Å². The van der Waals surface area contributed by atoms with Gasteiger partial charge in [-0.3, -0.25) is 9.48 Å². The standard InChI is InChI=1S/C17H24N4O3/c1-9(2)14-8-13(20-24-14)17(22)18-12-6-7-23-16(12)15-10(3)19-21(5)11(15)4/h8-9,12,16H,6-7H2,1-5H3,(H,18,22)/t12-,16-/m0/s1. The number of aryl methyl sites for hydroxylation is 2. The Kier molecular flexibility index (Phi) is 4.45. The molecule has 1 amide bonds. The molecule has 0 aromatic carbocycles. The van der Waals surface area contributed by atoms with Gasteiger partial charge in [0.25, 0.3) is 5.91 Å². The van der Waals surface area contributed by atoms with Gasteiger partial charge in [-0.1, -0.05) is 19.0 Å². The summed E-state index contributed by atoms with van der Waals surface area (Å²) in [6.07, 6.45) is 0.582. The SMILES string of the molecule is Cc1nn(C)c(C)c1[C@H]1OCC[C@@H]1NC(=O)c1cc(C(C)C)on1. The predicted octanol–water partition coefficient (Wildman–Crippen LogP) is 2.41. The van der Waals surface area contributed by atoms with Crippen LogP contribution in [0, 0.1) is 13.8 Å². The van der Waals surface area contributed by atoms with E-state index in [0.717, 1.165) is 23.4 Å². The molecule has 0 radical (unpaired) electrons. The normalized spacial score (nSPS) is 20.8. The van der Waals surface area contributed by atoms with Crippen LogP contribution in [0.25, 0.3) is 0 Å². The summed E-state index contributed by atoms with van der Waals surface area (Å²) < 4.78 is 12.9. The summed E-state index contributed by atoms with van der Waals surface area (Å²) in [6, 6.07) is 1.60. The molecule has 0 spiro atoms. The third-order valence-electron chi connectivity index (χ3n) is 4.59. The zero-order valence-electron chi connectivity index (χ0n) is 14.8. The summed E-state index contributed by atoms with van der Waals surface area (Å²) in [7, 11) is 1.91. The number of hydrogen-bond donors (Lipinski definition) is 1. The van der Waals surface area contributed by atoms with Gasteiger partial charge in [-0.15, -0.1) is 0 Å². The Labute approximate surface area is 141 Å². The van der Waals surface area contributed by atoms with Crippen LogP contribution in [-0.2, 0) is 11.8 Å². The topological polar surface area (TPSA) is 82.2 Å². The Morgan fingerprint density at radius 1 is 1.42 bits per heavy atom. The number of hydrogen-bond acceptors (Lipinski definition) is 5. The van der Waals surface area contributed by atoms with Gasteiger partial charge < -0.3 is 14.6 Å². The fourth-order valence-corrected chi connectivity index (χ4v) is 3.13. The fraction of sp³-hybridized carbons (Fsp3) is 0.588. The first-order valence-corrected chi connectivity index (χ1v) is 8.27. The zero-order valence-corrected chi connectivity index (χ0v) is 14.8. The maximum Gasteiger partial charge on any atom is 0.273 e. The summed E-state index contributed by atoms with van der Waals surface area (Å²) in [5.41, 5.74) is 3.36. The lowest BCUT2D eigenvalue weighted by atomic mass is 10.00. The number of carbonyl (C=O) groups is 1. The molecular weight excluding hydrogens is 308 g/mol. The van der Waals surface area contributed by atoms with Gasteiger partial charge in [0.1, 0.15) is 11.9 Å². The number of carbonyl (C=O) groups excluding carboxylic acids is 1. The smallest absolute Gasteiger partial charge is 0.273 e. The van der Waals surface area contributed by atoms with Crippen molar-refractivity contribution in [2.75, 3.05) is 6.61 Å². The van der Waals surface area contributed by atoms with E-state index in [4.69, 9.17) is 9.26 Å². The first kappa shape index (κ1) is 16.7. The van der Waals surface area contributed by atoms with Crippen molar-refractivity contribution in [3.8, 4) is 0 Å². The van der Waals surface area contributed by atoms with E-state index in [0.29, 0.717) is 18.1 Å². The van der Waals surface area contributed by atoms with E-state index in [1.165, 1.54) is 0 Å². The van der Waals surface area contributed by atoms with Gasteiger partial charge in [0.2, 0.25) is 0 Å². The maximum absolute atomic E-state index is 12.5. The number of nitrogens with zero attached hydrogens (tertiary/aromatic N) is 3. The van der Waals surface area contributed by atoms with E-state index in [1.54, 1.807) is 6.07 Å². The molecule has 2 aromatic heterocycles. The Morgan fingerprint density at radius 2 is 2.17 bits per heavy atom. The highest BCUT2D eigenvalue weighted by Crippen LogP contribution is 2.33. The predicted molar refractivity (Wildman–Crippen MR) is 87.8 cm³/mol. The number of rotatable bonds is 4. The molecule has 7 heteroatoms. The molecule has 0 aliphatic carbocycles. The van der Waals surface area contributed by atoms with Gasteiger partial charge in [0.15, 0.2) is 5.69 Å². The van der Waals surface area contributed by atoms with Crippen LogP contribution < -0.4 is 5.32 Å². The minimum Gasteiger partial charge on any atom is -0.371 e. The minimum atomic E-state index is -0.231. The Balaban J connectivity index is 1.77. The third kappa shape index (κ3) is 2.96. The van der Waals surface area contributed by atoms with Gasteiger partial charge >= 0.3 is 0 Å². The van der Waals surface area contributed by atoms with Crippen molar-refractivity contribution in [2.45, 2.75) is 52.2 Å². The van der Waals surface area contributed by atoms with Crippen LogP contribution in [-0.4, -0.2) is 33.5 Å². The van der Waals surface area contributed by atoms with Gasteiger partial charge in [0.05, 0.1) is 11.7 Å². The summed E-state index contributed by atoms with van der Waals surface area (Å²) in [6.45, 7) is 8.59. The minimum absolute atomic E-state index is 0.0988. The van der Waals surface area contributed by atoms with E-state index < -0.39 is 0 Å². The number of ether oxygens (including phenoxy) is 1. The van der Waals surface area contributed by atoms with Gasteiger partial charge in [-0.2, -0.15) is 5.10 Å². The third-order valence-corrected chi connectivity index (χ3v) is 4.59. The van der Waals surface area contributed by atoms with E-state index >= 15 is 0 Å². The quantitative estimate of drug-likeness (QED) is 0.930. The van der Waals surface area contributed by atoms with Crippen molar-refractivity contribution in [1.82, 2.24) is 20.3 Å². The van der Waals surface area contributed by atoms with Gasteiger partial charge in [-0.05, 0) is 20.3 Å². The lowest BCUT2D eigenvalue weighted by molar-refractivity contribution is 0.0810. The second-order valence-electron chi connectivity index (χ2n) is 6.64. The largest absolute Gasteiger partial charge is 0.371 e. The van der Waals surface area contributed by atoms with Crippen molar-refractivity contribution < 1.29 is 14.1 Å². The molecule has 1 fully saturated rings. The van der Waals surface area contributed by atoms with Crippen LogP contribution in [0.4, 0.5) is 0 Å². The molecule has 2 aromatic rings. The molecule has 2 atom stereocenters. The monoisotopic (exact) mass is 332 g/mol. The lowest BCUT2D eigenvalue weighted by Gasteiger charge is -2.20. The first-order chi connectivity index (χ1) is 11.4. The molecule has 1 aliphatic heterocycles. The van der Waals surface area contributed by atoms with Crippen molar-refractivity contribution in [3.63, 3.8) is 0 Å². The highest BCUT2D eigenvalue weighted by Gasteiger charge is 2.35. The van der Waals surface area contributed by atoms with Crippen molar-refractivity contribution in [3.05, 3.63) is 34.5 Å². The summed E-state index contributed by atoms with van der Waals surface area (Å²) >= 11 is 0. The van der Waals surface area contributed by atoms with Crippen LogP contribution in [0.2, 0.25) is 0 Å². The summed E-state index contributed by atoms with van der Waals surface area (Å²) in [5.74, 6) is 0.672. The fourth-order valence-electron chi connectivity index (χ4n) is 3.13. The van der Waals surface area contributed by atoms with Crippen molar-refractivity contribution in [1.29, 1.82) is 0 Å². The zero-order chi connectivity index (χ0) is 17.4. The number of aromatic nitrogens is 3. The average Bonchev–Trinajstić information content (AvgIpc) is 3.21. The van der Waals surface area contributed by atoms with Crippen LogP contribution in [0.5, 0.6) is 0 Å². The van der Waals surface area contributed by atoms with Crippen LogP contribution in [0.15, 0.2) is 10.6 Å². The molecule has 0 saturated carbocycles. The lowest BCUT2D eigenvalue weighted by Crippen LogP contribution is -2.37. The van der Waals surface area contributed by atoms with Crippen molar-refractivity contribution >= 4 is 5.91 Å². The molecule has 7 nitrogen and oxygen atoms in total. The molecule has 0 unspecified atom stereocenters. The van der Waals surface area contributed by atoms with E-state index in [1.807, 2.05) is 39.4 Å². The Hall–Kier alpha value is -2.15. The maximum atomic E-state index is 12.5. The molecule has 130 valence electrons. The first-order valence-electron chi connectivity index (χ1n) is 8.27. The highest BCUT2D eigenvalue weighted by molar-refractivity contribution is 5.92. The van der Waals surface area contributed by atoms with Crippen LogP contribution in [0.3, 0.4) is 0 Å². The highest BCUT2D eigenvalue weighted by atomic mass is 16.5. The van der Waals surface area contributed by atoms with E-state index in [9.17, 15) is 4.79 Å². The molecule has 0 bridgehead atoms. The van der Waals surface area contributed by atoms with Crippen molar-refractivity contribution in [2.24, 2.45) is 7.05 Å². The van der Waals surface area contributed by atoms with E-state index in [2.05, 4.69) is 15.6 Å². The molecular formula is C17H24N4O3. The number of nitrogens with one attached hydrogen (secondary N) is 1. The summed E-state index contributed by atoms with van der Waals surface area (Å²) in [4.78, 5) is 12.5. The second kappa shape index (κ2) is 6.39. The summed E-state index contributed by atoms with van der Waals surface area (Å²) in [5, 5.41) is 11.4. The molecule has 1 N–H and O–H groups in total. The number of amides is 1. The second-order valence-corrected chi connectivity index (χ2v) is 6.64. The van der Waals surface area contributed by atoms with Gasteiger partial charge in [-0.25, -0.2) is 0 Å². The van der Waals surface area contributed by atoms with Crippen LogP contribution in [0.1, 0.15) is 65.5 Å². The molecule has 3 rings (SSSR count). The Morgan fingerprint density at radius 3 is 2.75 bits per heavy atom.